The fraction of sp³-hybridized carbons (Fsp3) is 0.333. The van der Waals surface area contributed by atoms with E-state index in [9.17, 15) is 9.59 Å². The molecular weight excluding hydrogens is 256 g/mol. The molecule has 1 atom stereocenters. The molecule has 0 unspecified atom stereocenters. The van der Waals surface area contributed by atoms with Crippen molar-refractivity contribution in [3.63, 3.8) is 0 Å². The number of carboxylic acids is 1. The summed E-state index contributed by atoms with van der Waals surface area (Å²) in [5.74, 6) is -1.42. The minimum atomic E-state index is -1.01. The van der Waals surface area contributed by atoms with Crippen LogP contribution in [-0.2, 0) is 9.59 Å². The molecular formula is C15H20N2O3. The number of carbonyl (C=O) groups is 2. The molecule has 0 saturated carbocycles. The van der Waals surface area contributed by atoms with E-state index in [1.165, 1.54) is 6.08 Å². The van der Waals surface area contributed by atoms with Crippen LogP contribution in [0.15, 0.2) is 30.3 Å². The first-order valence-corrected chi connectivity index (χ1v) is 6.60. The number of carboxylic acid groups (broad SMARTS) is 1. The first-order valence-electron chi connectivity index (χ1n) is 6.60. The van der Waals surface area contributed by atoms with Crippen molar-refractivity contribution >= 4 is 23.6 Å². The molecule has 0 aromatic heterocycles. The van der Waals surface area contributed by atoms with Gasteiger partial charge in [0.1, 0.15) is 6.04 Å². The normalized spacial score (nSPS) is 12.2. The van der Waals surface area contributed by atoms with Gasteiger partial charge in [0.2, 0.25) is 5.91 Å². The number of amides is 1. The number of hydrogen-bond acceptors (Lipinski definition) is 3. The number of carbonyl (C=O) groups excluding carboxylic acids is 1. The predicted molar refractivity (Wildman–Crippen MR) is 79.0 cm³/mol. The number of aliphatic carboxylic acids is 1. The molecule has 0 aliphatic carbocycles. The van der Waals surface area contributed by atoms with Crippen molar-refractivity contribution in [3.8, 4) is 0 Å². The third kappa shape index (κ3) is 5.56. The number of rotatable bonds is 7. The molecule has 0 radical (unpaired) electrons. The fourth-order valence-electron chi connectivity index (χ4n) is 1.66. The van der Waals surface area contributed by atoms with Crippen LogP contribution in [0.1, 0.15) is 31.7 Å². The third-order valence-electron chi connectivity index (χ3n) is 2.82. The lowest BCUT2D eigenvalue weighted by Crippen LogP contribution is -2.39. The number of nitrogen functional groups attached to an aromatic ring is 1. The maximum absolute atomic E-state index is 11.7. The van der Waals surface area contributed by atoms with Gasteiger partial charge in [0.05, 0.1) is 0 Å². The summed E-state index contributed by atoms with van der Waals surface area (Å²) in [7, 11) is 0. The highest BCUT2D eigenvalue weighted by Crippen LogP contribution is 2.07. The molecule has 1 aromatic rings. The van der Waals surface area contributed by atoms with Crippen LogP contribution in [0.2, 0.25) is 0 Å². The first-order chi connectivity index (χ1) is 9.52. The van der Waals surface area contributed by atoms with Gasteiger partial charge in [0, 0.05) is 11.8 Å². The number of hydrogen-bond donors (Lipinski definition) is 3. The second-order valence-electron chi connectivity index (χ2n) is 4.54. The zero-order valence-corrected chi connectivity index (χ0v) is 11.5. The van der Waals surface area contributed by atoms with E-state index in [0.29, 0.717) is 12.1 Å². The van der Waals surface area contributed by atoms with Crippen molar-refractivity contribution in [2.24, 2.45) is 0 Å². The molecule has 1 amide bonds. The van der Waals surface area contributed by atoms with E-state index in [2.05, 4.69) is 5.32 Å². The van der Waals surface area contributed by atoms with E-state index >= 15 is 0 Å². The summed E-state index contributed by atoms with van der Waals surface area (Å²) >= 11 is 0. The third-order valence-corrected chi connectivity index (χ3v) is 2.82. The second kappa shape index (κ2) is 7.99. The molecule has 0 saturated heterocycles. The van der Waals surface area contributed by atoms with Gasteiger partial charge in [-0.25, -0.2) is 4.79 Å². The highest BCUT2D eigenvalue weighted by atomic mass is 16.4. The molecule has 20 heavy (non-hydrogen) atoms. The molecule has 0 aliphatic rings. The monoisotopic (exact) mass is 276 g/mol. The van der Waals surface area contributed by atoms with Crippen molar-refractivity contribution in [1.29, 1.82) is 0 Å². The highest BCUT2D eigenvalue weighted by molar-refractivity contribution is 5.94. The molecule has 0 bridgehead atoms. The molecule has 108 valence electrons. The Hall–Kier alpha value is -2.30. The van der Waals surface area contributed by atoms with Gasteiger partial charge in [-0.3, -0.25) is 4.79 Å². The van der Waals surface area contributed by atoms with Gasteiger partial charge in [-0.15, -0.1) is 0 Å². The number of nitrogens with one attached hydrogen (secondary N) is 1. The molecule has 1 aromatic carbocycles. The van der Waals surface area contributed by atoms with Gasteiger partial charge in [0.15, 0.2) is 0 Å². The van der Waals surface area contributed by atoms with E-state index in [1.807, 2.05) is 6.92 Å². The summed E-state index contributed by atoms with van der Waals surface area (Å²) < 4.78 is 0. The predicted octanol–water partition coefficient (Wildman–Crippen LogP) is 2.04. The van der Waals surface area contributed by atoms with Crippen molar-refractivity contribution in [2.75, 3.05) is 5.73 Å². The minimum Gasteiger partial charge on any atom is -0.480 e. The number of nitrogens with two attached hydrogens (primary N) is 1. The largest absolute Gasteiger partial charge is 0.480 e. The molecule has 5 heteroatoms. The van der Waals surface area contributed by atoms with E-state index in [0.717, 1.165) is 18.4 Å². The van der Waals surface area contributed by atoms with Crippen molar-refractivity contribution in [2.45, 2.75) is 32.2 Å². The average molecular weight is 276 g/mol. The number of anilines is 1. The fourth-order valence-corrected chi connectivity index (χ4v) is 1.66. The average Bonchev–Trinajstić information content (AvgIpc) is 2.42. The first kappa shape index (κ1) is 15.8. The van der Waals surface area contributed by atoms with E-state index < -0.39 is 17.9 Å². The zero-order chi connectivity index (χ0) is 15.0. The van der Waals surface area contributed by atoms with E-state index in [1.54, 1.807) is 30.3 Å². The Morgan fingerprint density at radius 2 is 2.00 bits per heavy atom. The van der Waals surface area contributed by atoms with Crippen LogP contribution in [0.25, 0.3) is 6.08 Å². The van der Waals surface area contributed by atoms with Crippen LogP contribution in [-0.4, -0.2) is 23.0 Å². The van der Waals surface area contributed by atoms with Crippen LogP contribution < -0.4 is 11.1 Å². The van der Waals surface area contributed by atoms with Gasteiger partial charge < -0.3 is 16.2 Å². The maximum Gasteiger partial charge on any atom is 0.326 e. The molecule has 4 N–H and O–H groups in total. The number of unbranched alkanes of at least 4 members (excludes halogenated alkanes) is 1. The summed E-state index contributed by atoms with van der Waals surface area (Å²) in [6.07, 6.45) is 5.04. The Bertz CT molecular complexity index is 480. The quantitative estimate of drug-likeness (QED) is 0.525. The lowest BCUT2D eigenvalue weighted by molar-refractivity contribution is -0.141. The Kier molecular flexibility index (Phi) is 6.29. The van der Waals surface area contributed by atoms with Gasteiger partial charge in [0.25, 0.3) is 0 Å². The number of benzene rings is 1. The molecule has 1 rings (SSSR count). The molecule has 0 aliphatic heterocycles. The Labute approximate surface area is 118 Å². The Morgan fingerprint density at radius 1 is 1.35 bits per heavy atom. The van der Waals surface area contributed by atoms with Gasteiger partial charge in [-0.05, 0) is 30.2 Å². The summed E-state index contributed by atoms with van der Waals surface area (Å²) in [6.45, 7) is 1.97. The van der Waals surface area contributed by atoms with Crippen LogP contribution in [0, 0.1) is 0 Å². The lowest BCUT2D eigenvalue weighted by atomic mass is 10.1. The second-order valence-corrected chi connectivity index (χ2v) is 4.54. The molecule has 0 spiro atoms. The van der Waals surface area contributed by atoms with Crippen molar-refractivity contribution in [3.05, 3.63) is 35.9 Å². The van der Waals surface area contributed by atoms with Gasteiger partial charge in [-0.1, -0.05) is 31.9 Å². The summed E-state index contributed by atoms with van der Waals surface area (Å²) in [5, 5.41) is 11.5. The minimum absolute atomic E-state index is 0.412. The summed E-state index contributed by atoms with van der Waals surface area (Å²) in [5.41, 5.74) is 7.04. The molecule has 0 fully saturated rings. The Morgan fingerprint density at radius 3 is 2.55 bits per heavy atom. The van der Waals surface area contributed by atoms with Crippen LogP contribution in [0.3, 0.4) is 0 Å². The van der Waals surface area contributed by atoms with Crippen molar-refractivity contribution in [1.82, 2.24) is 5.32 Å². The Balaban J connectivity index is 2.56. The summed E-state index contributed by atoms with van der Waals surface area (Å²) in [4.78, 5) is 22.7. The zero-order valence-electron chi connectivity index (χ0n) is 11.5. The molecule has 5 nitrogen and oxygen atoms in total. The van der Waals surface area contributed by atoms with Crippen LogP contribution in [0.4, 0.5) is 5.69 Å². The van der Waals surface area contributed by atoms with E-state index in [4.69, 9.17) is 10.8 Å². The maximum atomic E-state index is 11.7. The van der Waals surface area contributed by atoms with E-state index in [-0.39, 0.29) is 0 Å². The highest BCUT2D eigenvalue weighted by Gasteiger charge is 2.17. The smallest absolute Gasteiger partial charge is 0.326 e. The molecule has 0 heterocycles. The standard InChI is InChI=1S/C15H20N2O3/c1-2-3-4-13(15(19)20)17-14(18)10-7-11-5-8-12(16)9-6-11/h5-10,13H,2-4,16H2,1H3,(H,17,18)(H,19,20)/b10-7+/t13-/m0/s1. The van der Waals surface area contributed by atoms with Crippen LogP contribution >= 0.6 is 0 Å². The van der Waals surface area contributed by atoms with Gasteiger partial charge >= 0.3 is 5.97 Å². The van der Waals surface area contributed by atoms with Gasteiger partial charge in [-0.2, -0.15) is 0 Å². The lowest BCUT2D eigenvalue weighted by Gasteiger charge is -2.12. The topological polar surface area (TPSA) is 92.4 Å². The summed E-state index contributed by atoms with van der Waals surface area (Å²) in [6, 6.07) is 6.20. The SMILES string of the molecule is CCCC[C@H](NC(=O)/C=C/c1ccc(N)cc1)C(=O)O. The van der Waals surface area contributed by atoms with Crippen molar-refractivity contribution < 1.29 is 14.7 Å². The van der Waals surface area contributed by atoms with Crippen LogP contribution in [0.5, 0.6) is 0 Å².